The van der Waals surface area contributed by atoms with Crippen LogP contribution in [0.3, 0.4) is 0 Å². The van der Waals surface area contributed by atoms with Gasteiger partial charge in [-0.3, -0.25) is 46.9 Å². The molecule has 6 aromatic carbocycles. The van der Waals surface area contributed by atoms with E-state index >= 15 is 0 Å². The molecule has 0 fully saturated rings. The molecular formula is C52H38Cl4N18Na6O20S6. The van der Waals surface area contributed by atoms with E-state index in [4.69, 9.17) is 46.4 Å². The van der Waals surface area contributed by atoms with Gasteiger partial charge in [-0.05, 0) is 145 Å². The summed E-state index contributed by atoms with van der Waals surface area (Å²) in [6, 6.07) is 15.2. The third-order valence-electron chi connectivity index (χ3n) is 13.3. The van der Waals surface area contributed by atoms with Crippen LogP contribution >= 0.6 is 46.4 Å². The van der Waals surface area contributed by atoms with Crippen molar-refractivity contribution >= 4 is 365 Å². The van der Waals surface area contributed by atoms with E-state index in [1.54, 1.807) is 0 Å². The SMILES string of the molecule is CC1=NN(c2cc(S(=O)(=O)O)ccc2Cl)C(=O)C1N=Nc1cc(N=c2nc(Cl)[nH]c(=Nc3ccc(C=Cc4ccc(N=c5[nH]c(Cl)nc(=Nc6ccc(S(=O)(=O)O)c(N=NC7C(=O)N(c8cc(S(=O)(=O)O)ccc8Cl)N=C7C)c6)[nH]5)cc4S(=O)(=O)O)c(S(=O)(=O)O)c3)[nH]2)ccc1S(=O)(=O)O.[Na].[Na].[Na].[Na].[Na].[Na]. The van der Waals surface area contributed by atoms with E-state index in [9.17, 15) is 87.4 Å². The fraction of sp³-hybridized carbons (Fsp3) is 0.0769. The zero-order valence-electron chi connectivity index (χ0n) is 55.3. The van der Waals surface area contributed by atoms with Crippen LogP contribution in [0.2, 0.25) is 20.6 Å². The summed E-state index contributed by atoms with van der Waals surface area (Å²) >= 11 is 24.9. The average Bonchev–Trinajstić information content (AvgIpc) is 1.56. The topological polar surface area (TPSA) is 579 Å². The van der Waals surface area contributed by atoms with Gasteiger partial charge in [0.2, 0.25) is 33.0 Å². The predicted octanol–water partition coefficient (Wildman–Crippen LogP) is 4.45. The van der Waals surface area contributed by atoms with E-state index in [0.29, 0.717) is 10.0 Å². The number of hydrogen-bond donors (Lipinski definition) is 10. The minimum Gasteiger partial charge on any atom is -0.300 e. The molecule has 2 atom stereocenters. The Morgan fingerprint density at radius 3 is 1.05 bits per heavy atom. The van der Waals surface area contributed by atoms with Crippen molar-refractivity contribution in [1.82, 2.24) is 29.9 Å². The molecule has 0 bridgehead atoms. The summed E-state index contributed by atoms with van der Waals surface area (Å²) in [6.45, 7) is 2.67. The Bertz CT molecular complexity index is 5730. The first-order chi connectivity index (χ1) is 46.6. The van der Waals surface area contributed by atoms with Crippen molar-refractivity contribution in [2.24, 2.45) is 50.6 Å². The van der Waals surface area contributed by atoms with Crippen molar-refractivity contribution < 1.29 is 87.4 Å². The number of halogens is 4. The van der Waals surface area contributed by atoms with Crippen molar-refractivity contribution in [3.8, 4) is 0 Å². The number of benzene rings is 6. The average molecular weight is 1710 g/mol. The van der Waals surface area contributed by atoms with Gasteiger partial charge in [0.15, 0.2) is 12.1 Å². The Morgan fingerprint density at radius 2 is 0.726 bits per heavy atom. The molecule has 2 aliphatic heterocycles. The molecule has 38 nitrogen and oxygen atoms in total. The predicted molar refractivity (Wildman–Crippen MR) is 386 cm³/mol. The molecule has 106 heavy (non-hydrogen) atoms. The van der Waals surface area contributed by atoms with Crippen LogP contribution in [-0.2, 0) is 70.3 Å². The molecule has 8 aromatic rings. The van der Waals surface area contributed by atoms with E-state index in [-0.39, 0.29) is 277 Å². The molecule has 2 unspecified atom stereocenters. The minimum absolute atomic E-state index is 0. The number of carbonyl (C=O) groups excluding carboxylic acids is 2. The van der Waals surface area contributed by atoms with Crippen LogP contribution < -0.4 is 32.5 Å². The fourth-order valence-corrected chi connectivity index (χ4v) is 13.3. The maximum atomic E-state index is 13.5. The summed E-state index contributed by atoms with van der Waals surface area (Å²) in [7, 11) is -29.8. The molecule has 6 radical (unpaired) electrons. The molecule has 2 aliphatic rings. The van der Waals surface area contributed by atoms with E-state index < -0.39 is 125 Å². The van der Waals surface area contributed by atoms with Gasteiger partial charge in [0.05, 0.1) is 65.4 Å². The molecule has 4 heterocycles. The zero-order chi connectivity index (χ0) is 72.9. The van der Waals surface area contributed by atoms with Crippen molar-refractivity contribution in [3.05, 3.63) is 163 Å². The molecule has 2 aromatic heterocycles. The van der Waals surface area contributed by atoms with Gasteiger partial charge < -0.3 is 9.97 Å². The van der Waals surface area contributed by atoms with Gasteiger partial charge >= 0.3 is 0 Å². The van der Waals surface area contributed by atoms with Crippen LogP contribution in [0.15, 0.2) is 189 Å². The Labute approximate surface area is 751 Å². The second kappa shape index (κ2) is 37.8. The number of aromatic amines is 4. The number of rotatable bonds is 18. The van der Waals surface area contributed by atoms with E-state index in [0.717, 1.165) is 109 Å². The van der Waals surface area contributed by atoms with Crippen LogP contribution in [0, 0.1) is 0 Å². The number of aromatic nitrogens is 6. The van der Waals surface area contributed by atoms with Crippen molar-refractivity contribution in [2.45, 2.75) is 55.3 Å². The zero-order valence-corrected chi connectivity index (χ0v) is 75.2. The fourth-order valence-electron chi connectivity index (χ4n) is 8.91. The summed E-state index contributed by atoms with van der Waals surface area (Å²) < 4.78 is 208. The van der Waals surface area contributed by atoms with E-state index in [2.05, 4.69) is 80.5 Å². The first-order valence-electron chi connectivity index (χ1n) is 26.8. The molecule has 526 valence electrons. The number of hydrogen-bond acceptors (Lipinski definition) is 26. The number of H-pyrrole nitrogens is 4. The Balaban J connectivity index is 0.00000396. The second-order valence-corrected chi connectivity index (χ2v) is 30.2. The van der Waals surface area contributed by atoms with Crippen molar-refractivity contribution in [1.29, 1.82) is 0 Å². The van der Waals surface area contributed by atoms with Crippen molar-refractivity contribution in [3.63, 3.8) is 0 Å². The van der Waals surface area contributed by atoms with E-state index in [1.807, 2.05) is 0 Å². The quantitative estimate of drug-likeness (QED) is 0.0245. The first-order valence-corrected chi connectivity index (χ1v) is 36.9. The molecule has 0 saturated carbocycles. The van der Waals surface area contributed by atoms with Crippen LogP contribution in [-0.4, -0.2) is 320 Å². The van der Waals surface area contributed by atoms with Gasteiger partial charge in [-0.1, -0.05) is 47.5 Å². The number of nitrogens with one attached hydrogen (secondary N) is 4. The van der Waals surface area contributed by atoms with Crippen LogP contribution in [0.1, 0.15) is 25.0 Å². The summed E-state index contributed by atoms with van der Waals surface area (Å²) in [5.41, 5.74) is -4.18. The second-order valence-electron chi connectivity index (χ2n) is 20.3. The molecule has 0 aliphatic carbocycles. The minimum atomic E-state index is -5.13. The van der Waals surface area contributed by atoms with E-state index in [1.165, 1.54) is 26.0 Å². The van der Waals surface area contributed by atoms with Gasteiger partial charge in [0.25, 0.3) is 72.5 Å². The summed E-state index contributed by atoms with van der Waals surface area (Å²) in [5.74, 6) is -1.88. The number of nitrogens with zero attached hydrogens (tertiary/aromatic N) is 14. The Hall–Kier alpha value is -3.62. The monoisotopic (exact) mass is 1700 g/mol. The third kappa shape index (κ3) is 23.5. The number of hydrazone groups is 2. The standard InChI is InChI=1S/C52H38Cl4N18O20S6.6Na/c1-23-43(45(75)73(71-23)37-21-31(95(77,78)79)11-13-33(37)53)69-67-35-17-27(9-15-39(35)97(83,84)85)57-49-61-47(55)63-51(65-49)59-29-7-5-25(41(19-29)99(89,90)91)3-4-26-6-8-30(20-42(26)100(92,93)94)60-52-64-48(56)62-50(66-52)58-28-10-16-40(98(86,87)88)36(18-28)68-70-44-24(2)72-74(46(44)76)38-22-32(96(80,81)82)12-14-34(38)54;;;;;;/h3-22,43-44H,1-2H3,(H,77,78,79)(H,80,81,82)(H,83,84,85)(H,86,87,88)(H,89,90,91)(H,92,93,94)(H2,57,59,61,63,65)(H2,58,60,62,64,66);;;;;;. The third-order valence-corrected chi connectivity index (χ3v) is 19.7. The maximum Gasteiger partial charge on any atom is 0.296 e. The maximum absolute atomic E-state index is 13.5. The van der Waals surface area contributed by atoms with Gasteiger partial charge in [0.1, 0.15) is 31.0 Å². The number of amides is 2. The van der Waals surface area contributed by atoms with Crippen LogP contribution in [0.5, 0.6) is 0 Å². The van der Waals surface area contributed by atoms with Gasteiger partial charge in [0, 0.05) is 177 Å². The smallest absolute Gasteiger partial charge is 0.296 e. The number of carbonyl (C=O) groups is 2. The molecule has 0 saturated heterocycles. The van der Waals surface area contributed by atoms with Gasteiger partial charge in [-0.15, -0.1) is 0 Å². The summed E-state index contributed by atoms with van der Waals surface area (Å²) in [4.78, 5) is 58.0. The first kappa shape index (κ1) is 94.8. The Morgan fingerprint density at radius 1 is 0.406 bits per heavy atom. The molecule has 54 heteroatoms. The molecule has 0 spiro atoms. The molecule has 2 amide bonds. The van der Waals surface area contributed by atoms with Gasteiger partial charge in [-0.25, -0.2) is 20.0 Å². The number of azo groups is 2. The van der Waals surface area contributed by atoms with Crippen LogP contribution in [0.25, 0.3) is 12.2 Å². The normalized spacial score (nSPS) is 15.8. The van der Waals surface area contributed by atoms with Crippen LogP contribution in [0.4, 0.5) is 45.5 Å². The largest absolute Gasteiger partial charge is 0.300 e. The van der Waals surface area contributed by atoms with Gasteiger partial charge in [-0.2, -0.15) is 101 Å². The molecule has 10 N–H and O–H groups in total. The molecule has 10 rings (SSSR count). The summed E-state index contributed by atoms with van der Waals surface area (Å²) in [6.07, 6.45) is 2.12. The summed E-state index contributed by atoms with van der Waals surface area (Å²) in [5, 5.41) is 24.0. The molecular weight excluding hydrogens is 1670 g/mol. The number of anilines is 2. The Kier molecular flexibility index (Phi) is 33.8. The van der Waals surface area contributed by atoms with Crippen molar-refractivity contribution in [2.75, 3.05) is 10.0 Å².